The van der Waals surface area contributed by atoms with Gasteiger partial charge in [0.05, 0.1) is 25.7 Å². The van der Waals surface area contributed by atoms with Crippen LogP contribution in [0.15, 0.2) is 54.1 Å². The van der Waals surface area contributed by atoms with Gasteiger partial charge in [-0.1, -0.05) is 30.3 Å². The summed E-state index contributed by atoms with van der Waals surface area (Å²) in [5.74, 6) is -0.973. The molecule has 37 heavy (non-hydrogen) atoms. The van der Waals surface area contributed by atoms with Gasteiger partial charge in [-0.15, -0.1) is 0 Å². The van der Waals surface area contributed by atoms with E-state index in [0.29, 0.717) is 28.9 Å². The monoisotopic (exact) mass is 510 g/mol. The number of aldehydes is 1. The highest BCUT2D eigenvalue weighted by Gasteiger charge is 2.51. The molecule has 0 spiro atoms. The molecule has 0 radical (unpaired) electrons. The van der Waals surface area contributed by atoms with Gasteiger partial charge in [0.2, 0.25) is 11.8 Å². The average molecular weight is 511 g/mol. The van der Waals surface area contributed by atoms with Crippen molar-refractivity contribution in [2.45, 2.75) is 30.7 Å². The molecule has 4 atom stereocenters. The Balaban J connectivity index is 1.82. The highest BCUT2D eigenvalue weighted by molar-refractivity contribution is 5.96. The van der Waals surface area contributed by atoms with Gasteiger partial charge in [-0.25, -0.2) is 0 Å². The highest BCUT2D eigenvalue weighted by atomic mass is 16.5. The Morgan fingerprint density at radius 3 is 2.59 bits per heavy atom. The van der Waals surface area contributed by atoms with E-state index in [2.05, 4.69) is 5.32 Å². The van der Waals surface area contributed by atoms with Crippen molar-refractivity contribution in [1.29, 1.82) is 0 Å². The van der Waals surface area contributed by atoms with Crippen molar-refractivity contribution in [3.8, 4) is 11.5 Å². The third-order valence-corrected chi connectivity index (χ3v) is 6.55. The molecular weight excluding hydrogens is 480 g/mol. The number of carbonyl (C=O) groups is 3. The Morgan fingerprint density at radius 2 is 1.95 bits per heavy atom. The number of amides is 2. The molecule has 0 saturated heterocycles. The van der Waals surface area contributed by atoms with Crippen molar-refractivity contribution in [3.63, 3.8) is 0 Å². The van der Waals surface area contributed by atoms with Crippen LogP contribution in [0, 0.1) is 0 Å². The molecule has 2 aliphatic rings. The molecule has 0 fully saturated rings. The smallest absolute Gasteiger partial charge is 0.249 e. The van der Waals surface area contributed by atoms with Crippen molar-refractivity contribution in [1.82, 2.24) is 10.2 Å². The van der Waals surface area contributed by atoms with E-state index in [1.165, 1.54) is 25.2 Å². The SMILES string of the molecule is COCC(=O)N(Cc1ccccc1)[C@@H]1C=C(C(=O)NCCO)[C@@H]2c3cc(C=O)cc(OC)c3O[C@@H]2[C@H]1O. The fourth-order valence-corrected chi connectivity index (χ4v) is 4.90. The van der Waals surface area contributed by atoms with E-state index in [9.17, 15) is 24.6 Å². The van der Waals surface area contributed by atoms with E-state index in [0.717, 1.165) is 5.56 Å². The molecule has 0 aromatic heterocycles. The number of aliphatic hydroxyl groups excluding tert-OH is 2. The maximum atomic E-state index is 13.3. The van der Waals surface area contributed by atoms with Crippen LogP contribution in [0.25, 0.3) is 0 Å². The van der Waals surface area contributed by atoms with E-state index < -0.39 is 30.1 Å². The zero-order valence-electron chi connectivity index (χ0n) is 20.6. The number of methoxy groups -OCH3 is 2. The van der Waals surface area contributed by atoms with Crippen LogP contribution in [-0.4, -0.2) is 85.4 Å². The minimum Gasteiger partial charge on any atom is -0.493 e. The van der Waals surface area contributed by atoms with Crippen LogP contribution < -0.4 is 14.8 Å². The Bertz CT molecular complexity index is 1180. The number of ether oxygens (including phenoxy) is 3. The number of aliphatic hydroxyl groups is 2. The van der Waals surface area contributed by atoms with Gasteiger partial charge in [0.25, 0.3) is 0 Å². The first-order valence-corrected chi connectivity index (χ1v) is 11.9. The predicted molar refractivity (Wildman–Crippen MR) is 132 cm³/mol. The first-order chi connectivity index (χ1) is 17.9. The molecule has 3 N–H and O–H groups in total. The second-order valence-corrected chi connectivity index (χ2v) is 8.84. The van der Waals surface area contributed by atoms with Crippen LogP contribution >= 0.6 is 0 Å². The fraction of sp³-hybridized carbons (Fsp3) is 0.370. The maximum Gasteiger partial charge on any atom is 0.249 e. The van der Waals surface area contributed by atoms with Crippen molar-refractivity contribution < 1.29 is 38.8 Å². The molecule has 10 heteroatoms. The van der Waals surface area contributed by atoms with Gasteiger partial charge in [0.15, 0.2) is 11.5 Å². The fourth-order valence-electron chi connectivity index (χ4n) is 4.90. The zero-order valence-corrected chi connectivity index (χ0v) is 20.6. The summed E-state index contributed by atoms with van der Waals surface area (Å²) in [7, 11) is 2.84. The Labute approximate surface area is 214 Å². The van der Waals surface area contributed by atoms with Crippen LogP contribution in [-0.2, 0) is 20.9 Å². The van der Waals surface area contributed by atoms with Crippen LogP contribution in [0.2, 0.25) is 0 Å². The number of nitrogens with zero attached hydrogens (tertiary/aromatic N) is 1. The van der Waals surface area contributed by atoms with E-state index in [1.807, 2.05) is 30.3 Å². The van der Waals surface area contributed by atoms with Crippen molar-refractivity contribution in [3.05, 3.63) is 70.8 Å². The number of fused-ring (bicyclic) bond motifs is 3. The Hall–Kier alpha value is -3.73. The lowest BCUT2D eigenvalue weighted by Crippen LogP contribution is -2.56. The molecule has 1 aliphatic carbocycles. The molecule has 2 amide bonds. The van der Waals surface area contributed by atoms with Gasteiger partial charge >= 0.3 is 0 Å². The Kier molecular flexibility index (Phi) is 8.22. The molecular formula is C27H30N2O8. The molecule has 0 saturated carbocycles. The minimum atomic E-state index is -1.22. The second kappa shape index (κ2) is 11.5. The first kappa shape index (κ1) is 26.3. The highest BCUT2D eigenvalue weighted by Crippen LogP contribution is 2.51. The Morgan fingerprint density at radius 1 is 1.19 bits per heavy atom. The lowest BCUT2D eigenvalue weighted by Gasteiger charge is -2.40. The molecule has 196 valence electrons. The summed E-state index contributed by atoms with van der Waals surface area (Å²) >= 11 is 0. The normalized spacial score (nSPS) is 21.7. The van der Waals surface area contributed by atoms with Crippen molar-refractivity contribution >= 4 is 18.1 Å². The summed E-state index contributed by atoms with van der Waals surface area (Å²) in [6.07, 6.45) is 0.0661. The van der Waals surface area contributed by atoms with Gasteiger partial charge in [-0.05, 0) is 23.8 Å². The molecule has 0 bridgehead atoms. The molecule has 10 nitrogen and oxygen atoms in total. The number of hydrogen-bond acceptors (Lipinski definition) is 8. The predicted octanol–water partition coefficient (Wildman–Crippen LogP) is 0.805. The third kappa shape index (κ3) is 5.22. The quantitative estimate of drug-likeness (QED) is 0.400. The lowest BCUT2D eigenvalue weighted by atomic mass is 9.77. The molecule has 4 rings (SSSR count). The molecule has 1 aliphatic heterocycles. The van der Waals surface area contributed by atoms with Gasteiger partial charge in [0, 0.05) is 36.9 Å². The van der Waals surface area contributed by atoms with E-state index in [1.54, 1.807) is 12.1 Å². The largest absolute Gasteiger partial charge is 0.493 e. The third-order valence-electron chi connectivity index (χ3n) is 6.55. The van der Waals surface area contributed by atoms with Gasteiger partial charge in [-0.3, -0.25) is 14.4 Å². The lowest BCUT2D eigenvalue weighted by molar-refractivity contribution is -0.141. The second-order valence-electron chi connectivity index (χ2n) is 8.84. The average Bonchev–Trinajstić information content (AvgIpc) is 3.31. The van der Waals surface area contributed by atoms with E-state index in [4.69, 9.17) is 14.2 Å². The number of benzene rings is 2. The topological polar surface area (TPSA) is 135 Å². The van der Waals surface area contributed by atoms with Crippen LogP contribution in [0.4, 0.5) is 0 Å². The molecule has 0 unspecified atom stereocenters. The molecule has 1 heterocycles. The van der Waals surface area contributed by atoms with Crippen molar-refractivity contribution in [2.75, 3.05) is 34.0 Å². The number of carbonyl (C=O) groups excluding carboxylic acids is 3. The minimum absolute atomic E-state index is 0.0164. The summed E-state index contributed by atoms with van der Waals surface area (Å²) in [6.45, 7) is -0.304. The summed E-state index contributed by atoms with van der Waals surface area (Å²) in [5, 5.41) is 23.5. The van der Waals surface area contributed by atoms with Gasteiger partial charge in [0.1, 0.15) is 25.1 Å². The number of hydrogen-bond donors (Lipinski definition) is 3. The summed E-state index contributed by atoms with van der Waals surface area (Å²) < 4.78 is 16.7. The summed E-state index contributed by atoms with van der Waals surface area (Å²) in [6, 6.07) is 11.5. The number of nitrogens with one attached hydrogen (secondary N) is 1. The van der Waals surface area contributed by atoms with Gasteiger partial charge < -0.3 is 34.6 Å². The summed E-state index contributed by atoms with van der Waals surface area (Å²) in [5.41, 5.74) is 1.93. The maximum absolute atomic E-state index is 13.3. The molecule has 2 aromatic rings. The van der Waals surface area contributed by atoms with Crippen molar-refractivity contribution in [2.24, 2.45) is 0 Å². The zero-order chi connectivity index (χ0) is 26.5. The van der Waals surface area contributed by atoms with Crippen LogP contribution in [0.5, 0.6) is 11.5 Å². The summed E-state index contributed by atoms with van der Waals surface area (Å²) in [4.78, 5) is 39.5. The van der Waals surface area contributed by atoms with Gasteiger partial charge in [-0.2, -0.15) is 0 Å². The van der Waals surface area contributed by atoms with E-state index >= 15 is 0 Å². The first-order valence-electron chi connectivity index (χ1n) is 11.9. The molecule has 2 aromatic carbocycles. The van der Waals surface area contributed by atoms with Crippen LogP contribution in [0.1, 0.15) is 27.4 Å². The van der Waals surface area contributed by atoms with Crippen LogP contribution in [0.3, 0.4) is 0 Å². The van der Waals surface area contributed by atoms with E-state index in [-0.39, 0.29) is 37.8 Å². The number of rotatable bonds is 10. The standard InChI is InChI=1S/C27H30N2O8/c1-35-15-22(32)29(13-16-6-4-3-5-7-16)20-12-19(27(34)28-8-9-30)23-18-10-17(14-31)11-21(36-2)25(18)37-26(23)24(20)33/h3-7,10-12,14,20,23-24,26,30,33H,8-9,13,15H2,1-2H3,(H,28,34)/t20-,23+,24+,26+/m1/s1.